The molecule has 0 aliphatic carbocycles. The van der Waals surface area contributed by atoms with E-state index in [-0.39, 0.29) is 35.2 Å². The van der Waals surface area contributed by atoms with E-state index in [1.54, 1.807) is 37.5 Å². The first-order valence-electron chi connectivity index (χ1n) is 10.2. The van der Waals surface area contributed by atoms with Crippen molar-refractivity contribution >= 4 is 5.97 Å². The Labute approximate surface area is 190 Å². The van der Waals surface area contributed by atoms with Crippen LogP contribution >= 0.6 is 0 Å². The minimum absolute atomic E-state index is 0.0676. The van der Waals surface area contributed by atoms with Crippen molar-refractivity contribution in [2.45, 2.75) is 19.4 Å². The van der Waals surface area contributed by atoms with Crippen LogP contribution < -0.4 is 5.73 Å². The number of carbonyl (C=O) groups excluding carboxylic acids is 1. The number of halogens is 1. The molecule has 1 aliphatic heterocycles. The van der Waals surface area contributed by atoms with Crippen LogP contribution in [0.4, 0.5) is 4.39 Å². The Morgan fingerprint density at radius 1 is 1.15 bits per heavy atom. The molecule has 7 heteroatoms. The molecular weight excluding hydrogens is 421 g/mol. The molecule has 0 fully saturated rings. The van der Waals surface area contributed by atoms with Crippen molar-refractivity contribution in [2.24, 2.45) is 5.73 Å². The minimum Gasteiger partial charge on any atom is -0.457 e. The molecule has 0 unspecified atom stereocenters. The molecule has 0 spiro atoms. The molecule has 1 aromatic heterocycles. The Hall–Kier alpha value is -4.44. The van der Waals surface area contributed by atoms with Crippen LogP contribution in [-0.2, 0) is 20.9 Å². The molecule has 6 nitrogen and oxygen atoms in total. The van der Waals surface area contributed by atoms with E-state index in [2.05, 4.69) is 11.1 Å². The summed E-state index contributed by atoms with van der Waals surface area (Å²) in [4.78, 5) is 17.4. The van der Waals surface area contributed by atoms with E-state index in [0.717, 1.165) is 11.1 Å². The van der Waals surface area contributed by atoms with Crippen LogP contribution in [0.5, 0.6) is 0 Å². The summed E-state index contributed by atoms with van der Waals surface area (Å²) in [6.45, 7) is 1.67. The standard InChI is InChI=1S/C26H20FN3O3/c1-16-23(26(31)32-15-17-5-3-2-4-6-17)24(22(12-28)25(29)33-16)20-11-19(13-30-14-20)18-7-9-21(27)10-8-18/h2-11,13-14,24H,15,29H2,1H3/t24-/m0/s1. The Bertz CT molecular complexity index is 1290. The average molecular weight is 441 g/mol. The van der Waals surface area contributed by atoms with E-state index < -0.39 is 11.9 Å². The molecule has 3 aromatic rings. The lowest BCUT2D eigenvalue weighted by Gasteiger charge is -2.27. The number of rotatable bonds is 5. The van der Waals surface area contributed by atoms with Crippen LogP contribution in [0, 0.1) is 17.1 Å². The number of esters is 1. The highest BCUT2D eigenvalue weighted by molar-refractivity contribution is 5.92. The number of nitrogens with two attached hydrogens (primary N) is 1. The Kier molecular flexibility index (Phi) is 6.18. The summed E-state index contributed by atoms with van der Waals surface area (Å²) in [6.07, 6.45) is 3.19. The monoisotopic (exact) mass is 441 g/mol. The normalized spacial score (nSPS) is 15.6. The highest BCUT2D eigenvalue weighted by Gasteiger charge is 2.36. The smallest absolute Gasteiger partial charge is 0.338 e. The molecule has 0 radical (unpaired) electrons. The molecule has 0 amide bonds. The summed E-state index contributed by atoms with van der Waals surface area (Å²) in [7, 11) is 0. The van der Waals surface area contributed by atoms with Crippen LogP contribution in [0.25, 0.3) is 11.1 Å². The largest absolute Gasteiger partial charge is 0.457 e. The molecule has 0 saturated carbocycles. The van der Waals surface area contributed by atoms with Gasteiger partial charge >= 0.3 is 5.97 Å². The maximum atomic E-state index is 13.3. The second kappa shape index (κ2) is 9.37. The number of hydrogen-bond acceptors (Lipinski definition) is 6. The van der Waals surface area contributed by atoms with Crippen molar-refractivity contribution in [1.82, 2.24) is 4.98 Å². The number of nitrogens with zero attached hydrogens (tertiary/aromatic N) is 2. The van der Waals surface area contributed by atoms with Crippen molar-refractivity contribution in [1.29, 1.82) is 5.26 Å². The number of carbonyl (C=O) groups is 1. The molecule has 2 N–H and O–H groups in total. The first-order valence-corrected chi connectivity index (χ1v) is 10.2. The van der Waals surface area contributed by atoms with Gasteiger partial charge in [-0.3, -0.25) is 4.98 Å². The quantitative estimate of drug-likeness (QED) is 0.576. The Morgan fingerprint density at radius 2 is 1.88 bits per heavy atom. The van der Waals surface area contributed by atoms with Gasteiger partial charge in [-0.1, -0.05) is 42.5 Å². The number of ether oxygens (including phenoxy) is 2. The van der Waals surface area contributed by atoms with Gasteiger partial charge in [-0.2, -0.15) is 5.26 Å². The molecule has 4 rings (SSSR count). The van der Waals surface area contributed by atoms with Crippen LogP contribution in [0.2, 0.25) is 0 Å². The van der Waals surface area contributed by atoms with Gasteiger partial charge in [0.15, 0.2) is 0 Å². The van der Waals surface area contributed by atoms with Gasteiger partial charge in [-0.05, 0) is 41.8 Å². The maximum Gasteiger partial charge on any atom is 0.338 e. The lowest BCUT2D eigenvalue weighted by Crippen LogP contribution is -2.25. The van der Waals surface area contributed by atoms with Crippen LogP contribution in [0.1, 0.15) is 24.0 Å². The van der Waals surface area contributed by atoms with Crippen molar-refractivity contribution in [3.8, 4) is 17.2 Å². The molecule has 2 aromatic carbocycles. The predicted molar refractivity (Wildman–Crippen MR) is 119 cm³/mol. The summed E-state index contributed by atoms with van der Waals surface area (Å²) in [5.41, 5.74) is 9.08. The zero-order chi connectivity index (χ0) is 23.4. The van der Waals surface area contributed by atoms with Crippen LogP contribution in [0.15, 0.2) is 95.8 Å². The third-order valence-corrected chi connectivity index (χ3v) is 5.31. The van der Waals surface area contributed by atoms with Gasteiger partial charge in [-0.15, -0.1) is 0 Å². The van der Waals surface area contributed by atoms with E-state index in [1.165, 1.54) is 12.1 Å². The molecule has 1 aliphatic rings. The molecule has 0 bridgehead atoms. The Morgan fingerprint density at radius 3 is 2.58 bits per heavy atom. The van der Waals surface area contributed by atoms with Crippen molar-refractivity contribution in [3.63, 3.8) is 0 Å². The second-order valence-corrected chi connectivity index (χ2v) is 7.47. The summed E-state index contributed by atoms with van der Waals surface area (Å²) in [6, 6.07) is 19.1. The highest BCUT2D eigenvalue weighted by Crippen LogP contribution is 2.40. The number of allylic oxidation sites excluding steroid dienone is 2. The number of hydrogen-bond donors (Lipinski definition) is 1. The fourth-order valence-corrected chi connectivity index (χ4v) is 3.70. The zero-order valence-corrected chi connectivity index (χ0v) is 17.8. The summed E-state index contributed by atoms with van der Waals surface area (Å²) >= 11 is 0. The summed E-state index contributed by atoms with van der Waals surface area (Å²) in [5.74, 6) is -1.61. The second-order valence-electron chi connectivity index (χ2n) is 7.47. The topological polar surface area (TPSA) is 98.2 Å². The average Bonchev–Trinajstić information content (AvgIpc) is 2.83. The van der Waals surface area contributed by atoms with Crippen molar-refractivity contribution in [2.75, 3.05) is 0 Å². The maximum absolute atomic E-state index is 13.3. The molecule has 2 heterocycles. The van der Waals surface area contributed by atoms with Crippen LogP contribution in [-0.4, -0.2) is 11.0 Å². The molecule has 33 heavy (non-hydrogen) atoms. The first-order chi connectivity index (χ1) is 16.0. The molecule has 0 saturated heterocycles. The van der Waals surface area contributed by atoms with Gasteiger partial charge < -0.3 is 15.2 Å². The zero-order valence-electron chi connectivity index (χ0n) is 17.8. The number of aromatic nitrogens is 1. The highest BCUT2D eigenvalue weighted by atomic mass is 19.1. The van der Waals surface area contributed by atoms with Gasteiger partial charge in [0.1, 0.15) is 29.8 Å². The fourth-order valence-electron chi connectivity index (χ4n) is 3.70. The number of benzene rings is 2. The summed E-state index contributed by atoms with van der Waals surface area (Å²) < 4.78 is 24.4. The lowest BCUT2D eigenvalue weighted by molar-refractivity contribution is -0.140. The number of nitriles is 1. The van der Waals surface area contributed by atoms with E-state index in [4.69, 9.17) is 15.2 Å². The lowest BCUT2D eigenvalue weighted by atomic mass is 9.83. The predicted octanol–water partition coefficient (Wildman–Crippen LogP) is 4.71. The van der Waals surface area contributed by atoms with E-state index in [1.807, 2.05) is 30.3 Å². The number of pyridine rings is 1. The van der Waals surface area contributed by atoms with Gasteiger partial charge in [0.25, 0.3) is 0 Å². The van der Waals surface area contributed by atoms with Gasteiger partial charge in [0, 0.05) is 18.0 Å². The van der Waals surface area contributed by atoms with E-state index in [0.29, 0.717) is 11.1 Å². The molecule has 1 atom stereocenters. The Balaban J connectivity index is 1.72. The SMILES string of the molecule is CC1=C(C(=O)OCc2ccccc2)[C@@H](c2cncc(-c3ccc(F)cc3)c2)C(C#N)=C(N)O1. The third-order valence-electron chi connectivity index (χ3n) is 5.31. The van der Waals surface area contributed by atoms with Gasteiger partial charge in [-0.25, -0.2) is 9.18 Å². The van der Waals surface area contributed by atoms with Gasteiger partial charge in [0.2, 0.25) is 5.88 Å². The van der Waals surface area contributed by atoms with Gasteiger partial charge in [0.05, 0.1) is 11.5 Å². The van der Waals surface area contributed by atoms with Crippen molar-refractivity contribution < 1.29 is 18.7 Å². The first kappa shape index (κ1) is 21.8. The van der Waals surface area contributed by atoms with Crippen LogP contribution in [0.3, 0.4) is 0 Å². The third kappa shape index (κ3) is 4.60. The molecule has 164 valence electrons. The minimum atomic E-state index is -0.820. The van der Waals surface area contributed by atoms with Crippen molar-refractivity contribution in [3.05, 3.63) is 113 Å². The fraction of sp³-hybridized carbons (Fsp3) is 0.115. The van der Waals surface area contributed by atoms with E-state index in [9.17, 15) is 14.4 Å². The molecular formula is C26H20FN3O3. The van der Waals surface area contributed by atoms with E-state index >= 15 is 0 Å². The summed E-state index contributed by atoms with van der Waals surface area (Å²) in [5, 5.41) is 9.80.